The summed E-state index contributed by atoms with van der Waals surface area (Å²) in [5.41, 5.74) is 1.75. The largest absolute Gasteiger partial charge is 0.490 e. The van der Waals surface area contributed by atoms with Crippen molar-refractivity contribution in [2.24, 2.45) is 0 Å². The molecule has 1 aliphatic rings. The van der Waals surface area contributed by atoms with Gasteiger partial charge in [0.05, 0.1) is 35.9 Å². The monoisotopic (exact) mass is 427 g/mol. The molecule has 0 fully saturated rings. The lowest BCUT2D eigenvalue weighted by Crippen LogP contribution is -1.99. The van der Waals surface area contributed by atoms with Crippen molar-refractivity contribution in [3.05, 3.63) is 24.4 Å². The predicted molar refractivity (Wildman–Crippen MR) is 97.0 cm³/mol. The SMILES string of the molecule is O=S(CCBr)c1nn2cc(-c3ccc4c(c3)OCCCO4)nc2s1. The summed E-state index contributed by atoms with van der Waals surface area (Å²) < 4.78 is 25.7. The van der Waals surface area contributed by atoms with Crippen molar-refractivity contribution in [2.75, 3.05) is 24.3 Å². The lowest BCUT2D eigenvalue weighted by molar-refractivity contribution is 0.297. The van der Waals surface area contributed by atoms with E-state index >= 15 is 0 Å². The van der Waals surface area contributed by atoms with E-state index in [1.165, 1.54) is 11.3 Å². The van der Waals surface area contributed by atoms with Gasteiger partial charge in [-0.25, -0.2) is 9.50 Å². The molecule has 1 unspecified atom stereocenters. The van der Waals surface area contributed by atoms with Crippen LogP contribution in [0.2, 0.25) is 0 Å². The number of ether oxygens (including phenoxy) is 2. The smallest absolute Gasteiger partial charge is 0.213 e. The molecule has 9 heteroatoms. The molecule has 1 aromatic carbocycles. The third-order valence-electron chi connectivity index (χ3n) is 3.53. The second-order valence-corrected chi connectivity index (χ2v) is 8.67. The first-order chi connectivity index (χ1) is 11.7. The van der Waals surface area contributed by atoms with E-state index in [1.807, 2.05) is 24.4 Å². The van der Waals surface area contributed by atoms with Crippen LogP contribution < -0.4 is 9.47 Å². The van der Waals surface area contributed by atoms with Crippen molar-refractivity contribution >= 4 is 43.0 Å². The summed E-state index contributed by atoms with van der Waals surface area (Å²) in [7, 11) is -1.09. The van der Waals surface area contributed by atoms with Crippen LogP contribution in [0.5, 0.6) is 11.5 Å². The van der Waals surface area contributed by atoms with Gasteiger partial charge in [0.2, 0.25) is 9.30 Å². The molecule has 2 aromatic heterocycles. The zero-order valence-corrected chi connectivity index (χ0v) is 15.8. The van der Waals surface area contributed by atoms with E-state index < -0.39 is 10.8 Å². The maximum atomic E-state index is 12.0. The highest BCUT2D eigenvalue weighted by atomic mass is 79.9. The Bertz CT molecular complexity index is 877. The minimum Gasteiger partial charge on any atom is -0.490 e. The fraction of sp³-hybridized carbons (Fsp3) is 0.333. The molecule has 0 spiro atoms. The Kier molecular flexibility index (Phi) is 4.55. The second kappa shape index (κ2) is 6.81. The van der Waals surface area contributed by atoms with E-state index in [1.54, 1.807) is 4.52 Å². The summed E-state index contributed by atoms with van der Waals surface area (Å²) in [5, 5.41) is 5.06. The van der Waals surface area contributed by atoms with Crippen molar-refractivity contribution in [3.63, 3.8) is 0 Å². The molecule has 0 N–H and O–H groups in total. The first-order valence-corrected chi connectivity index (χ1v) is 10.7. The molecule has 4 rings (SSSR count). The highest BCUT2D eigenvalue weighted by Crippen LogP contribution is 2.34. The molecule has 1 atom stereocenters. The lowest BCUT2D eigenvalue weighted by Gasteiger charge is -2.07. The lowest BCUT2D eigenvalue weighted by atomic mass is 10.1. The Morgan fingerprint density at radius 3 is 2.92 bits per heavy atom. The minimum atomic E-state index is -1.09. The number of hydrogen-bond acceptors (Lipinski definition) is 6. The highest BCUT2D eigenvalue weighted by molar-refractivity contribution is 9.09. The molecule has 0 aliphatic carbocycles. The van der Waals surface area contributed by atoms with Gasteiger partial charge in [-0.3, -0.25) is 4.21 Å². The Hall–Kier alpha value is -1.45. The number of imidazole rings is 1. The van der Waals surface area contributed by atoms with Crippen molar-refractivity contribution in [1.82, 2.24) is 14.6 Å². The second-order valence-electron chi connectivity index (χ2n) is 5.17. The maximum Gasteiger partial charge on any atom is 0.213 e. The van der Waals surface area contributed by atoms with E-state index in [0.29, 0.717) is 28.6 Å². The van der Waals surface area contributed by atoms with Gasteiger partial charge in [-0.1, -0.05) is 27.3 Å². The topological polar surface area (TPSA) is 65.7 Å². The first-order valence-electron chi connectivity index (χ1n) is 7.45. The molecule has 126 valence electrons. The Morgan fingerprint density at radius 1 is 1.29 bits per heavy atom. The average molecular weight is 428 g/mol. The van der Waals surface area contributed by atoms with E-state index in [9.17, 15) is 4.21 Å². The number of fused-ring (bicyclic) bond motifs is 2. The van der Waals surface area contributed by atoms with E-state index in [4.69, 9.17) is 9.47 Å². The van der Waals surface area contributed by atoms with Gasteiger partial charge in [-0.2, -0.15) is 0 Å². The van der Waals surface area contributed by atoms with Gasteiger partial charge in [0.15, 0.2) is 11.5 Å². The van der Waals surface area contributed by atoms with Crippen LogP contribution in [0.1, 0.15) is 6.42 Å². The highest BCUT2D eigenvalue weighted by Gasteiger charge is 2.16. The fourth-order valence-electron chi connectivity index (χ4n) is 2.39. The van der Waals surface area contributed by atoms with Crippen molar-refractivity contribution < 1.29 is 13.7 Å². The Morgan fingerprint density at radius 2 is 2.12 bits per heavy atom. The van der Waals surface area contributed by atoms with Crippen LogP contribution in [0.3, 0.4) is 0 Å². The van der Waals surface area contributed by atoms with Crippen LogP contribution in [0.25, 0.3) is 16.2 Å². The van der Waals surface area contributed by atoms with E-state index in [-0.39, 0.29) is 0 Å². The van der Waals surface area contributed by atoms with Crippen molar-refractivity contribution in [2.45, 2.75) is 10.8 Å². The summed E-state index contributed by atoms with van der Waals surface area (Å²) in [6, 6.07) is 5.81. The maximum absolute atomic E-state index is 12.0. The summed E-state index contributed by atoms with van der Waals surface area (Å²) in [6.07, 6.45) is 2.72. The quantitative estimate of drug-likeness (QED) is 0.598. The molecule has 3 aromatic rings. The summed E-state index contributed by atoms with van der Waals surface area (Å²) in [6.45, 7) is 1.32. The van der Waals surface area contributed by atoms with Crippen LogP contribution in [-0.2, 0) is 10.8 Å². The third kappa shape index (κ3) is 3.07. The van der Waals surface area contributed by atoms with E-state index in [0.717, 1.165) is 34.1 Å². The van der Waals surface area contributed by atoms with Gasteiger partial charge < -0.3 is 9.47 Å². The van der Waals surface area contributed by atoms with Gasteiger partial charge in [0.1, 0.15) is 0 Å². The van der Waals surface area contributed by atoms with Crippen LogP contribution in [0, 0.1) is 0 Å². The predicted octanol–water partition coefficient (Wildman–Crippen LogP) is 3.12. The molecule has 1 aliphatic heterocycles. The molecule has 24 heavy (non-hydrogen) atoms. The first kappa shape index (κ1) is 16.0. The van der Waals surface area contributed by atoms with Crippen LogP contribution >= 0.6 is 27.3 Å². The standard InChI is InChI=1S/C15H14BrN3O3S2/c16-4-7-24(20)15-18-19-9-11(17-14(19)23-15)10-2-3-12-13(8-10)22-6-1-5-21-12/h2-3,8-9H,1,4-7H2. The zero-order valence-electron chi connectivity index (χ0n) is 12.6. The Balaban J connectivity index is 1.66. The molecule has 6 nitrogen and oxygen atoms in total. The van der Waals surface area contributed by atoms with Gasteiger partial charge in [-0.05, 0) is 18.2 Å². The van der Waals surface area contributed by atoms with Gasteiger partial charge in [0, 0.05) is 23.1 Å². The summed E-state index contributed by atoms with van der Waals surface area (Å²) >= 11 is 4.66. The molecular weight excluding hydrogens is 414 g/mol. The number of halogens is 1. The number of alkyl halides is 1. The molecule has 0 saturated carbocycles. The van der Waals surface area contributed by atoms with Crippen LogP contribution in [0.4, 0.5) is 0 Å². The third-order valence-corrected chi connectivity index (χ3v) is 7.02. The molecule has 0 saturated heterocycles. The molecular formula is C15H14BrN3O3S2. The van der Waals surface area contributed by atoms with Crippen LogP contribution in [-0.4, -0.2) is 43.1 Å². The molecule has 3 heterocycles. The van der Waals surface area contributed by atoms with Crippen molar-refractivity contribution in [1.29, 1.82) is 0 Å². The van der Waals surface area contributed by atoms with E-state index in [2.05, 4.69) is 26.0 Å². The normalized spacial score (nSPS) is 15.4. The minimum absolute atomic E-state index is 0.547. The molecule has 0 amide bonds. The van der Waals surface area contributed by atoms with Gasteiger partial charge in [0.25, 0.3) is 0 Å². The molecule has 0 radical (unpaired) electrons. The Labute approximate surface area is 153 Å². The number of benzene rings is 1. The summed E-state index contributed by atoms with van der Waals surface area (Å²) in [5.74, 6) is 2.06. The average Bonchev–Trinajstić information content (AvgIpc) is 3.06. The number of nitrogens with zero attached hydrogens (tertiary/aromatic N) is 3. The fourth-order valence-corrected chi connectivity index (χ4v) is 5.23. The van der Waals surface area contributed by atoms with Gasteiger partial charge in [-0.15, -0.1) is 5.10 Å². The number of rotatable bonds is 4. The van der Waals surface area contributed by atoms with Crippen LogP contribution in [0.15, 0.2) is 28.7 Å². The van der Waals surface area contributed by atoms with Crippen molar-refractivity contribution in [3.8, 4) is 22.8 Å². The number of hydrogen-bond donors (Lipinski definition) is 0. The van der Waals surface area contributed by atoms with Gasteiger partial charge >= 0.3 is 0 Å². The zero-order chi connectivity index (χ0) is 16.5. The number of aromatic nitrogens is 3. The summed E-state index contributed by atoms with van der Waals surface area (Å²) in [4.78, 5) is 5.33. The molecule has 0 bridgehead atoms.